The van der Waals surface area contributed by atoms with Crippen LogP contribution in [0.15, 0.2) is 77.7 Å². The highest BCUT2D eigenvalue weighted by atomic mass is 35.5. The van der Waals surface area contributed by atoms with E-state index in [1.54, 1.807) is 36.4 Å². The number of ketones is 1. The minimum Gasteiger partial charge on any atom is -0.294 e. The van der Waals surface area contributed by atoms with Gasteiger partial charge in [-0.2, -0.15) is 18.3 Å². The quantitative estimate of drug-likeness (QED) is 0.283. The summed E-state index contributed by atoms with van der Waals surface area (Å²) in [6.45, 7) is 1.33. The molecule has 0 N–H and O–H groups in total. The molecule has 0 saturated carbocycles. The third kappa shape index (κ3) is 5.01. The highest BCUT2D eigenvalue weighted by molar-refractivity contribution is 7.90. The lowest BCUT2D eigenvalue weighted by atomic mass is 9.94. The van der Waals surface area contributed by atoms with Crippen LogP contribution in [0.4, 0.5) is 13.2 Å². The standard InChI is InChI=1S/C25H18ClF3N2O3S/c1-15(32)20-13-17(10-11-19(20)16-6-5-7-18(12-16)35(2,33)34)23-14-24(25(27,28)29)30-31(23)22-9-4-3-8-21(22)26/h3-14H,1-2H3. The summed E-state index contributed by atoms with van der Waals surface area (Å²) in [6.07, 6.45) is -3.62. The van der Waals surface area contributed by atoms with Gasteiger partial charge in [-0.15, -0.1) is 0 Å². The number of sulfone groups is 1. The van der Waals surface area contributed by atoms with Crippen LogP contribution >= 0.6 is 11.6 Å². The number of Topliss-reactive ketones (excluding diaryl/α,β-unsaturated/α-hetero) is 1. The Hall–Kier alpha value is -3.43. The van der Waals surface area contributed by atoms with Gasteiger partial charge in [0.1, 0.15) is 0 Å². The predicted molar refractivity (Wildman–Crippen MR) is 128 cm³/mol. The third-order valence-corrected chi connectivity index (χ3v) is 6.78. The van der Waals surface area contributed by atoms with Crippen LogP contribution in [0.3, 0.4) is 0 Å². The Morgan fingerprint density at radius 1 is 0.943 bits per heavy atom. The van der Waals surface area contributed by atoms with Crippen LogP contribution < -0.4 is 0 Å². The Labute approximate surface area is 204 Å². The SMILES string of the molecule is CC(=O)c1cc(-c2cc(C(F)(F)F)nn2-c2ccccc2Cl)ccc1-c1cccc(S(C)(=O)=O)c1. The number of carbonyl (C=O) groups is 1. The fourth-order valence-electron chi connectivity index (χ4n) is 3.67. The number of carbonyl (C=O) groups excluding carboxylic acids is 1. The molecule has 0 atom stereocenters. The van der Waals surface area contributed by atoms with E-state index in [0.29, 0.717) is 16.7 Å². The van der Waals surface area contributed by atoms with Crippen LogP contribution in [0.5, 0.6) is 0 Å². The maximum absolute atomic E-state index is 13.5. The number of alkyl halides is 3. The number of halogens is 4. The topological polar surface area (TPSA) is 69.0 Å². The molecule has 0 spiro atoms. The maximum atomic E-state index is 13.5. The molecule has 3 aromatic carbocycles. The summed E-state index contributed by atoms with van der Waals surface area (Å²) in [5.74, 6) is -0.341. The predicted octanol–water partition coefficient (Wildman–Crippen LogP) is 6.48. The minimum atomic E-state index is -4.70. The number of hydrogen-bond acceptors (Lipinski definition) is 4. The van der Waals surface area contributed by atoms with Crippen LogP contribution in [-0.4, -0.2) is 30.2 Å². The normalized spacial score (nSPS) is 12.1. The van der Waals surface area contributed by atoms with Crippen molar-refractivity contribution in [3.05, 3.63) is 89.1 Å². The van der Waals surface area contributed by atoms with Gasteiger partial charge in [-0.25, -0.2) is 13.1 Å². The Morgan fingerprint density at radius 3 is 2.29 bits per heavy atom. The van der Waals surface area contributed by atoms with Crippen LogP contribution in [0.2, 0.25) is 5.02 Å². The highest BCUT2D eigenvalue weighted by Gasteiger charge is 2.35. The lowest BCUT2D eigenvalue weighted by molar-refractivity contribution is -0.141. The van der Waals surface area contributed by atoms with Crippen molar-refractivity contribution in [2.45, 2.75) is 18.0 Å². The van der Waals surface area contributed by atoms with Crippen LogP contribution in [-0.2, 0) is 16.0 Å². The van der Waals surface area contributed by atoms with Crippen molar-refractivity contribution in [3.8, 4) is 28.1 Å². The molecule has 4 aromatic rings. The number of nitrogens with zero attached hydrogens (tertiary/aromatic N) is 2. The molecule has 0 aliphatic carbocycles. The first-order chi connectivity index (χ1) is 16.4. The van der Waals surface area contributed by atoms with Gasteiger partial charge in [0.25, 0.3) is 0 Å². The van der Waals surface area contributed by atoms with Gasteiger partial charge in [0, 0.05) is 17.4 Å². The monoisotopic (exact) mass is 518 g/mol. The summed E-state index contributed by atoms with van der Waals surface area (Å²) < 4.78 is 65.6. The van der Waals surface area contributed by atoms with Crippen molar-refractivity contribution < 1.29 is 26.4 Å². The van der Waals surface area contributed by atoms with Gasteiger partial charge in [-0.05, 0) is 54.4 Å². The lowest BCUT2D eigenvalue weighted by Gasteiger charge is -2.13. The molecule has 0 aliphatic rings. The summed E-state index contributed by atoms with van der Waals surface area (Å²) in [5, 5.41) is 3.94. The average molecular weight is 519 g/mol. The van der Waals surface area contributed by atoms with Gasteiger partial charge >= 0.3 is 6.18 Å². The number of rotatable bonds is 5. The Bertz CT molecular complexity index is 1560. The highest BCUT2D eigenvalue weighted by Crippen LogP contribution is 2.36. The molecule has 4 rings (SSSR count). The molecule has 1 aromatic heterocycles. The summed E-state index contributed by atoms with van der Waals surface area (Å²) in [6, 6.07) is 18.0. The molecule has 180 valence electrons. The Morgan fingerprint density at radius 2 is 1.66 bits per heavy atom. The van der Waals surface area contributed by atoms with Gasteiger partial charge in [-0.1, -0.05) is 48.0 Å². The summed E-state index contributed by atoms with van der Waals surface area (Å²) >= 11 is 6.24. The smallest absolute Gasteiger partial charge is 0.294 e. The fourth-order valence-corrected chi connectivity index (χ4v) is 4.56. The molecule has 35 heavy (non-hydrogen) atoms. The second kappa shape index (κ2) is 8.98. The van der Waals surface area contributed by atoms with Crippen molar-refractivity contribution in [3.63, 3.8) is 0 Å². The second-order valence-electron chi connectivity index (χ2n) is 7.89. The van der Waals surface area contributed by atoms with Crippen molar-refractivity contribution in [2.75, 3.05) is 6.26 Å². The number of para-hydroxylation sites is 1. The molecular formula is C25H18ClF3N2O3S. The van der Waals surface area contributed by atoms with E-state index in [1.807, 2.05) is 0 Å². The molecule has 10 heteroatoms. The Kier molecular flexibility index (Phi) is 6.33. The Balaban J connectivity index is 1.93. The third-order valence-electron chi connectivity index (χ3n) is 5.35. The second-order valence-corrected chi connectivity index (χ2v) is 10.3. The van der Waals surface area contributed by atoms with E-state index >= 15 is 0 Å². The maximum Gasteiger partial charge on any atom is 0.435 e. The van der Waals surface area contributed by atoms with Gasteiger partial charge in [0.15, 0.2) is 21.3 Å². The minimum absolute atomic E-state index is 0.0835. The average Bonchev–Trinajstić information content (AvgIpc) is 3.24. The number of benzene rings is 3. The summed E-state index contributed by atoms with van der Waals surface area (Å²) in [4.78, 5) is 12.6. The molecule has 1 heterocycles. The summed E-state index contributed by atoms with van der Waals surface area (Å²) in [5.41, 5.74) is 0.682. The van der Waals surface area contributed by atoms with E-state index in [9.17, 15) is 26.4 Å². The number of aromatic nitrogens is 2. The lowest BCUT2D eigenvalue weighted by Crippen LogP contribution is -2.07. The van der Waals surface area contributed by atoms with Crippen LogP contribution in [0.1, 0.15) is 23.0 Å². The molecule has 0 saturated heterocycles. The molecule has 5 nitrogen and oxygen atoms in total. The van der Waals surface area contributed by atoms with Gasteiger partial charge < -0.3 is 0 Å². The fraction of sp³-hybridized carbons (Fsp3) is 0.120. The van der Waals surface area contributed by atoms with Gasteiger partial charge in [0.05, 0.1) is 21.3 Å². The van der Waals surface area contributed by atoms with Crippen molar-refractivity contribution in [1.82, 2.24) is 9.78 Å². The molecular weight excluding hydrogens is 501 g/mol. The molecule has 0 fully saturated rings. The zero-order chi connectivity index (χ0) is 25.5. The first-order valence-electron chi connectivity index (χ1n) is 10.2. The van der Waals surface area contributed by atoms with E-state index in [-0.39, 0.29) is 32.6 Å². The molecule has 0 bridgehead atoms. The van der Waals surface area contributed by atoms with Crippen molar-refractivity contribution in [2.24, 2.45) is 0 Å². The summed E-state index contributed by atoms with van der Waals surface area (Å²) in [7, 11) is -3.48. The molecule has 0 unspecified atom stereocenters. The van der Waals surface area contributed by atoms with E-state index in [0.717, 1.165) is 17.0 Å². The first kappa shape index (κ1) is 24.7. The van der Waals surface area contributed by atoms with Gasteiger partial charge in [-0.3, -0.25) is 4.79 Å². The van der Waals surface area contributed by atoms with Crippen molar-refractivity contribution >= 4 is 27.2 Å². The van der Waals surface area contributed by atoms with E-state index < -0.39 is 21.7 Å². The largest absolute Gasteiger partial charge is 0.435 e. The number of hydrogen-bond donors (Lipinski definition) is 0. The molecule has 0 aliphatic heterocycles. The van der Waals surface area contributed by atoms with Crippen molar-refractivity contribution in [1.29, 1.82) is 0 Å². The van der Waals surface area contributed by atoms with E-state index in [1.165, 1.54) is 37.3 Å². The van der Waals surface area contributed by atoms with E-state index in [4.69, 9.17) is 11.6 Å². The van der Waals surface area contributed by atoms with Crippen LogP contribution in [0, 0.1) is 0 Å². The molecule has 0 amide bonds. The van der Waals surface area contributed by atoms with Gasteiger partial charge in [0.2, 0.25) is 0 Å². The zero-order valence-corrected chi connectivity index (χ0v) is 20.0. The zero-order valence-electron chi connectivity index (χ0n) is 18.5. The first-order valence-corrected chi connectivity index (χ1v) is 12.5. The van der Waals surface area contributed by atoms with Crippen LogP contribution in [0.25, 0.3) is 28.1 Å². The van der Waals surface area contributed by atoms with E-state index in [2.05, 4.69) is 5.10 Å². The molecule has 0 radical (unpaired) electrons.